The van der Waals surface area contributed by atoms with Gasteiger partial charge in [0, 0.05) is 12.6 Å². The molecule has 1 aliphatic heterocycles. The van der Waals surface area contributed by atoms with Crippen molar-refractivity contribution in [1.29, 1.82) is 0 Å². The van der Waals surface area contributed by atoms with Crippen molar-refractivity contribution >= 4 is 11.6 Å². The van der Waals surface area contributed by atoms with Crippen molar-refractivity contribution in [1.82, 2.24) is 5.32 Å². The number of halogens is 2. The van der Waals surface area contributed by atoms with Crippen molar-refractivity contribution in [3.63, 3.8) is 0 Å². The summed E-state index contributed by atoms with van der Waals surface area (Å²) < 4.78 is 23.8. The maximum absolute atomic E-state index is 13.2. The first-order valence-corrected chi connectivity index (χ1v) is 7.08. The summed E-state index contributed by atoms with van der Waals surface area (Å²) in [5.74, 6) is 1.03. The number of rotatable bonds is 4. The molecule has 3 nitrogen and oxygen atoms in total. The Labute approximate surface area is 127 Å². The predicted molar refractivity (Wildman–Crippen MR) is 79.2 cm³/mol. The van der Waals surface area contributed by atoms with E-state index in [9.17, 15) is 4.39 Å². The number of ether oxygens (including phenoxy) is 2. The Balaban J connectivity index is 1.69. The zero-order chi connectivity index (χ0) is 14.8. The van der Waals surface area contributed by atoms with Crippen LogP contribution in [0.2, 0.25) is 5.02 Å². The van der Waals surface area contributed by atoms with Gasteiger partial charge >= 0.3 is 0 Å². The summed E-state index contributed by atoms with van der Waals surface area (Å²) in [6.45, 7) is 2.79. The first-order valence-electron chi connectivity index (χ1n) is 6.70. The van der Waals surface area contributed by atoms with Gasteiger partial charge in [0.25, 0.3) is 0 Å². The Morgan fingerprint density at radius 3 is 2.95 bits per heavy atom. The van der Waals surface area contributed by atoms with Crippen LogP contribution in [0.3, 0.4) is 0 Å². The molecule has 1 atom stereocenters. The lowest BCUT2D eigenvalue weighted by atomic mass is 10.1. The lowest BCUT2D eigenvalue weighted by Gasteiger charge is -2.15. The highest BCUT2D eigenvalue weighted by Crippen LogP contribution is 2.39. The Hall–Kier alpha value is -1.78. The van der Waals surface area contributed by atoms with Crippen LogP contribution in [0.4, 0.5) is 4.39 Å². The molecule has 0 aromatic heterocycles. The topological polar surface area (TPSA) is 30.5 Å². The number of benzene rings is 2. The molecule has 1 N–H and O–H groups in total. The van der Waals surface area contributed by atoms with Gasteiger partial charge in [-0.15, -0.1) is 0 Å². The lowest BCUT2D eigenvalue weighted by Crippen LogP contribution is -2.18. The third kappa shape index (κ3) is 3.12. The molecule has 0 saturated carbocycles. The van der Waals surface area contributed by atoms with Gasteiger partial charge in [0.2, 0.25) is 6.79 Å². The Morgan fingerprint density at radius 2 is 2.14 bits per heavy atom. The van der Waals surface area contributed by atoms with E-state index < -0.39 is 0 Å². The average Bonchev–Trinajstić information content (AvgIpc) is 2.93. The molecule has 1 aliphatic rings. The molecule has 0 saturated heterocycles. The number of hydrogen-bond acceptors (Lipinski definition) is 3. The molecule has 21 heavy (non-hydrogen) atoms. The molecular weight excluding hydrogens is 293 g/mol. The van der Waals surface area contributed by atoms with Crippen LogP contribution >= 0.6 is 11.6 Å². The maximum atomic E-state index is 13.2. The first kappa shape index (κ1) is 14.2. The second-order valence-corrected chi connectivity index (χ2v) is 5.38. The third-order valence-corrected chi connectivity index (χ3v) is 3.73. The SMILES string of the molecule is C[C@@H](NCc1cc(Cl)c2c(c1)OCO2)c1cccc(F)c1. The van der Waals surface area contributed by atoms with E-state index in [1.165, 1.54) is 12.1 Å². The van der Waals surface area contributed by atoms with E-state index >= 15 is 0 Å². The Morgan fingerprint density at radius 1 is 1.29 bits per heavy atom. The van der Waals surface area contributed by atoms with Crippen molar-refractivity contribution in [2.45, 2.75) is 19.5 Å². The van der Waals surface area contributed by atoms with Crippen LogP contribution in [-0.2, 0) is 6.54 Å². The molecule has 0 radical (unpaired) electrons. The van der Waals surface area contributed by atoms with Gasteiger partial charge in [0.15, 0.2) is 11.5 Å². The summed E-state index contributed by atoms with van der Waals surface area (Å²) >= 11 is 6.15. The standard InChI is InChI=1S/C16H15ClFNO2/c1-10(12-3-2-4-13(18)7-12)19-8-11-5-14(17)16-15(6-11)20-9-21-16/h2-7,10,19H,8-9H2,1H3/t10-/m1/s1. The van der Waals surface area contributed by atoms with Crippen LogP contribution in [0.1, 0.15) is 24.1 Å². The Bertz CT molecular complexity index is 663. The summed E-state index contributed by atoms with van der Waals surface area (Å²) in [7, 11) is 0. The molecule has 2 aromatic carbocycles. The van der Waals surface area contributed by atoms with Crippen molar-refractivity contribution < 1.29 is 13.9 Å². The lowest BCUT2D eigenvalue weighted by molar-refractivity contribution is 0.174. The quantitative estimate of drug-likeness (QED) is 0.924. The summed E-state index contributed by atoms with van der Waals surface area (Å²) in [6, 6.07) is 10.4. The highest BCUT2D eigenvalue weighted by molar-refractivity contribution is 6.32. The van der Waals surface area contributed by atoms with Crippen molar-refractivity contribution in [3.8, 4) is 11.5 Å². The van der Waals surface area contributed by atoms with Crippen LogP contribution in [-0.4, -0.2) is 6.79 Å². The van der Waals surface area contributed by atoms with Crippen LogP contribution < -0.4 is 14.8 Å². The summed E-state index contributed by atoms with van der Waals surface area (Å²) in [5, 5.41) is 3.88. The minimum atomic E-state index is -0.229. The Kier molecular flexibility index (Phi) is 3.99. The summed E-state index contributed by atoms with van der Waals surface area (Å²) in [4.78, 5) is 0. The maximum Gasteiger partial charge on any atom is 0.231 e. The monoisotopic (exact) mass is 307 g/mol. The molecule has 1 heterocycles. The third-order valence-electron chi connectivity index (χ3n) is 3.45. The van der Waals surface area contributed by atoms with Gasteiger partial charge in [-0.2, -0.15) is 0 Å². The summed E-state index contributed by atoms with van der Waals surface area (Å²) in [5.41, 5.74) is 1.90. The number of nitrogens with one attached hydrogen (secondary N) is 1. The van der Waals surface area contributed by atoms with Gasteiger partial charge in [-0.1, -0.05) is 23.7 Å². The molecule has 0 aliphatic carbocycles. The normalized spacial score (nSPS) is 14.2. The summed E-state index contributed by atoms with van der Waals surface area (Å²) in [6.07, 6.45) is 0. The number of fused-ring (bicyclic) bond motifs is 1. The highest BCUT2D eigenvalue weighted by Gasteiger charge is 2.18. The molecule has 0 unspecified atom stereocenters. The molecule has 0 fully saturated rings. The zero-order valence-electron chi connectivity index (χ0n) is 11.5. The van der Waals surface area contributed by atoms with Crippen LogP contribution in [0, 0.1) is 5.82 Å². The van der Waals surface area contributed by atoms with Crippen molar-refractivity contribution in [2.24, 2.45) is 0 Å². The van der Waals surface area contributed by atoms with Crippen molar-refractivity contribution in [2.75, 3.05) is 6.79 Å². The fraction of sp³-hybridized carbons (Fsp3) is 0.250. The highest BCUT2D eigenvalue weighted by atomic mass is 35.5. The molecule has 2 aromatic rings. The van der Waals surface area contributed by atoms with Gasteiger partial charge in [-0.3, -0.25) is 0 Å². The van der Waals surface area contributed by atoms with Crippen LogP contribution in [0.25, 0.3) is 0 Å². The van der Waals surface area contributed by atoms with E-state index in [-0.39, 0.29) is 18.7 Å². The number of hydrogen-bond donors (Lipinski definition) is 1. The molecule has 0 bridgehead atoms. The van der Waals surface area contributed by atoms with Gasteiger partial charge in [-0.05, 0) is 42.3 Å². The van der Waals surface area contributed by atoms with Gasteiger partial charge in [-0.25, -0.2) is 4.39 Å². The molecular formula is C16H15ClFNO2. The van der Waals surface area contributed by atoms with E-state index in [0.29, 0.717) is 23.1 Å². The molecule has 3 rings (SSSR count). The molecule has 110 valence electrons. The second-order valence-electron chi connectivity index (χ2n) is 4.97. The largest absolute Gasteiger partial charge is 0.454 e. The molecule has 0 spiro atoms. The van der Waals surface area contributed by atoms with E-state index in [1.54, 1.807) is 6.07 Å². The second kappa shape index (κ2) is 5.92. The fourth-order valence-electron chi connectivity index (χ4n) is 2.29. The minimum absolute atomic E-state index is 0.0323. The fourth-order valence-corrected chi connectivity index (χ4v) is 2.58. The van der Waals surface area contributed by atoms with Gasteiger partial charge in [0.1, 0.15) is 5.82 Å². The van der Waals surface area contributed by atoms with E-state index in [2.05, 4.69) is 5.32 Å². The van der Waals surface area contributed by atoms with Crippen LogP contribution in [0.15, 0.2) is 36.4 Å². The van der Waals surface area contributed by atoms with E-state index in [4.69, 9.17) is 21.1 Å². The van der Waals surface area contributed by atoms with E-state index in [1.807, 2.05) is 25.1 Å². The molecule has 0 amide bonds. The predicted octanol–water partition coefficient (Wildman–Crippen LogP) is 4.06. The molecule has 5 heteroatoms. The van der Waals surface area contributed by atoms with Crippen LogP contribution in [0.5, 0.6) is 11.5 Å². The van der Waals surface area contributed by atoms with Gasteiger partial charge in [0.05, 0.1) is 5.02 Å². The van der Waals surface area contributed by atoms with Crippen molar-refractivity contribution in [3.05, 3.63) is 58.4 Å². The first-order chi connectivity index (χ1) is 10.1. The van der Waals surface area contributed by atoms with Gasteiger partial charge < -0.3 is 14.8 Å². The smallest absolute Gasteiger partial charge is 0.231 e. The minimum Gasteiger partial charge on any atom is -0.454 e. The van der Waals surface area contributed by atoms with E-state index in [0.717, 1.165) is 11.1 Å². The zero-order valence-corrected chi connectivity index (χ0v) is 12.3. The average molecular weight is 308 g/mol.